The fourth-order valence-electron chi connectivity index (χ4n) is 3.63. The van der Waals surface area contributed by atoms with Crippen molar-refractivity contribution in [1.82, 2.24) is 10.2 Å². The van der Waals surface area contributed by atoms with Crippen molar-refractivity contribution in [2.75, 3.05) is 0 Å². The molecular formula is C15H28N2O. The predicted molar refractivity (Wildman–Crippen MR) is 74.0 cm³/mol. The molecule has 0 aromatic carbocycles. The van der Waals surface area contributed by atoms with Gasteiger partial charge in [-0.2, -0.15) is 0 Å². The Balaban J connectivity index is 2.25. The minimum absolute atomic E-state index is 0.00199. The number of hydrogen-bond acceptors (Lipinski definition) is 2. The molecule has 0 aromatic rings. The van der Waals surface area contributed by atoms with Gasteiger partial charge in [-0.25, -0.2) is 0 Å². The molecule has 18 heavy (non-hydrogen) atoms. The molecule has 1 aliphatic heterocycles. The molecule has 1 saturated heterocycles. The van der Waals surface area contributed by atoms with E-state index in [0.717, 1.165) is 6.42 Å². The number of carbonyl (C=O) groups is 1. The zero-order valence-corrected chi connectivity index (χ0v) is 12.9. The van der Waals surface area contributed by atoms with Crippen LogP contribution < -0.4 is 5.32 Å². The molecule has 0 spiro atoms. The van der Waals surface area contributed by atoms with Crippen molar-refractivity contribution in [2.24, 2.45) is 16.7 Å². The smallest absolute Gasteiger partial charge is 0.241 e. The monoisotopic (exact) mass is 252 g/mol. The molecular weight excluding hydrogens is 224 g/mol. The minimum atomic E-state index is 0.00199. The van der Waals surface area contributed by atoms with Gasteiger partial charge in [-0.15, -0.1) is 0 Å². The highest BCUT2D eigenvalue weighted by atomic mass is 16.2. The van der Waals surface area contributed by atoms with Crippen molar-refractivity contribution >= 4 is 5.91 Å². The highest BCUT2D eigenvalue weighted by molar-refractivity contribution is 5.85. The van der Waals surface area contributed by atoms with E-state index in [4.69, 9.17) is 0 Å². The number of nitrogens with zero attached hydrogens (tertiary/aromatic N) is 1. The van der Waals surface area contributed by atoms with Crippen LogP contribution in [-0.2, 0) is 4.79 Å². The molecule has 3 nitrogen and oxygen atoms in total. The molecule has 3 heteroatoms. The SMILES string of the molecule is CCC1NC(C(C)C)C(=O)N1C1C(C)(C)C1(C)C. The molecule has 1 saturated carbocycles. The Morgan fingerprint density at radius 2 is 1.72 bits per heavy atom. The van der Waals surface area contributed by atoms with Crippen molar-refractivity contribution in [3.05, 3.63) is 0 Å². The van der Waals surface area contributed by atoms with E-state index in [9.17, 15) is 4.79 Å². The van der Waals surface area contributed by atoms with Gasteiger partial charge in [-0.3, -0.25) is 10.1 Å². The van der Waals surface area contributed by atoms with Crippen molar-refractivity contribution in [3.8, 4) is 0 Å². The second-order valence-electron chi connectivity index (χ2n) is 7.40. The van der Waals surface area contributed by atoms with Gasteiger partial charge in [-0.05, 0) is 23.2 Å². The Morgan fingerprint density at radius 3 is 2.06 bits per heavy atom. The average molecular weight is 252 g/mol. The zero-order chi connectivity index (χ0) is 13.9. The Hall–Kier alpha value is -0.570. The van der Waals surface area contributed by atoms with Crippen molar-refractivity contribution < 1.29 is 4.79 Å². The van der Waals surface area contributed by atoms with Gasteiger partial charge in [0.2, 0.25) is 5.91 Å². The lowest BCUT2D eigenvalue weighted by molar-refractivity contribution is -0.132. The lowest BCUT2D eigenvalue weighted by Crippen LogP contribution is -2.41. The zero-order valence-electron chi connectivity index (χ0n) is 12.9. The van der Waals surface area contributed by atoms with Crippen molar-refractivity contribution in [2.45, 2.75) is 73.1 Å². The molecule has 2 atom stereocenters. The van der Waals surface area contributed by atoms with E-state index in [2.05, 4.69) is 58.7 Å². The van der Waals surface area contributed by atoms with Gasteiger partial charge in [0.25, 0.3) is 0 Å². The second kappa shape index (κ2) is 3.96. The lowest BCUT2D eigenvalue weighted by Gasteiger charge is -2.25. The van der Waals surface area contributed by atoms with Crippen LogP contribution in [0.1, 0.15) is 54.9 Å². The summed E-state index contributed by atoms with van der Waals surface area (Å²) >= 11 is 0. The molecule has 1 aliphatic carbocycles. The topological polar surface area (TPSA) is 32.3 Å². The van der Waals surface area contributed by atoms with Gasteiger partial charge < -0.3 is 4.90 Å². The van der Waals surface area contributed by atoms with E-state index in [1.165, 1.54) is 0 Å². The lowest BCUT2D eigenvalue weighted by atomic mass is 10.0. The maximum atomic E-state index is 12.6. The maximum absolute atomic E-state index is 12.6. The third-order valence-electron chi connectivity index (χ3n) is 5.50. The number of carbonyl (C=O) groups excluding carboxylic acids is 1. The third-order valence-corrected chi connectivity index (χ3v) is 5.50. The summed E-state index contributed by atoms with van der Waals surface area (Å²) in [5, 5.41) is 3.51. The summed E-state index contributed by atoms with van der Waals surface area (Å²) in [7, 11) is 0. The predicted octanol–water partition coefficient (Wildman–Crippen LogP) is 2.61. The van der Waals surface area contributed by atoms with E-state index < -0.39 is 0 Å². The summed E-state index contributed by atoms with van der Waals surface area (Å²) in [6.45, 7) is 15.5. The molecule has 1 amide bonds. The highest BCUT2D eigenvalue weighted by Gasteiger charge is 2.70. The molecule has 2 rings (SSSR count). The van der Waals surface area contributed by atoms with Crippen molar-refractivity contribution in [3.63, 3.8) is 0 Å². The number of amides is 1. The fourth-order valence-corrected chi connectivity index (χ4v) is 3.63. The van der Waals surface area contributed by atoms with Crippen LogP contribution in [0.3, 0.4) is 0 Å². The quantitative estimate of drug-likeness (QED) is 0.837. The van der Waals surface area contributed by atoms with Gasteiger partial charge in [-0.1, -0.05) is 48.5 Å². The van der Waals surface area contributed by atoms with Crippen LogP contribution >= 0.6 is 0 Å². The van der Waals surface area contributed by atoms with Crippen molar-refractivity contribution in [1.29, 1.82) is 0 Å². The van der Waals surface area contributed by atoms with E-state index in [-0.39, 0.29) is 23.0 Å². The summed E-state index contributed by atoms with van der Waals surface area (Å²) in [6.07, 6.45) is 1.20. The molecule has 0 radical (unpaired) electrons. The summed E-state index contributed by atoms with van der Waals surface area (Å²) in [5.41, 5.74) is 0.452. The van der Waals surface area contributed by atoms with E-state index in [1.807, 2.05) is 0 Å². The largest absolute Gasteiger partial charge is 0.322 e. The molecule has 104 valence electrons. The van der Waals surface area contributed by atoms with Crippen LogP contribution in [0.5, 0.6) is 0 Å². The molecule has 1 heterocycles. The molecule has 2 aliphatic rings. The maximum Gasteiger partial charge on any atom is 0.241 e. The minimum Gasteiger partial charge on any atom is -0.322 e. The highest BCUT2D eigenvalue weighted by Crippen LogP contribution is 2.66. The number of hydrogen-bond donors (Lipinski definition) is 1. The first-order valence-corrected chi connectivity index (χ1v) is 7.24. The Kier molecular flexibility index (Phi) is 3.05. The van der Waals surface area contributed by atoms with Crippen LogP contribution in [0, 0.1) is 16.7 Å². The average Bonchev–Trinajstić information content (AvgIpc) is 2.56. The molecule has 1 N–H and O–H groups in total. The Bertz CT molecular complexity index is 346. The van der Waals surface area contributed by atoms with E-state index in [0.29, 0.717) is 17.9 Å². The van der Waals surface area contributed by atoms with Gasteiger partial charge >= 0.3 is 0 Å². The van der Waals surface area contributed by atoms with Crippen LogP contribution in [-0.4, -0.2) is 29.1 Å². The third kappa shape index (κ3) is 1.63. The Morgan fingerprint density at radius 1 is 1.22 bits per heavy atom. The normalized spacial score (nSPS) is 34.4. The summed E-state index contributed by atoms with van der Waals surface area (Å²) < 4.78 is 0. The second-order valence-corrected chi connectivity index (χ2v) is 7.40. The van der Waals surface area contributed by atoms with E-state index >= 15 is 0 Å². The first-order valence-electron chi connectivity index (χ1n) is 7.24. The molecule has 2 fully saturated rings. The molecule has 0 bridgehead atoms. The number of rotatable bonds is 3. The van der Waals surface area contributed by atoms with Gasteiger partial charge in [0.05, 0.1) is 12.2 Å². The summed E-state index contributed by atoms with van der Waals surface area (Å²) in [4.78, 5) is 14.8. The summed E-state index contributed by atoms with van der Waals surface area (Å²) in [5.74, 6) is 0.669. The van der Waals surface area contributed by atoms with E-state index in [1.54, 1.807) is 0 Å². The summed E-state index contributed by atoms with van der Waals surface area (Å²) in [6, 6.07) is 0.376. The molecule has 0 aromatic heterocycles. The van der Waals surface area contributed by atoms with Gasteiger partial charge in [0.15, 0.2) is 0 Å². The van der Waals surface area contributed by atoms with Crippen LogP contribution in [0.15, 0.2) is 0 Å². The standard InChI is InChI=1S/C15H28N2O/c1-8-10-16-11(9(2)3)12(18)17(10)13-14(4,5)15(13,6)7/h9-11,13,16H,8H2,1-7H3. The first-order chi connectivity index (χ1) is 8.16. The van der Waals surface area contributed by atoms with Crippen LogP contribution in [0.25, 0.3) is 0 Å². The van der Waals surface area contributed by atoms with Crippen LogP contribution in [0.2, 0.25) is 0 Å². The molecule has 2 unspecified atom stereocenters. The van der Waals surface area contributed by atoms with Gasteiger partial charge in [0.1, 0.15) is 0 Å². The fraction of sp³-hybridized carbons (Fsp3) is 0.933. The first kappa shape index (κ1) is 13.9. The number of nitrogens with one attached hydrogen (secondary N) is 1. The van der Waals surface area contributed by atoms with Gasteiger partial charge in [0, 0.05) is 6.04 Å². The Labute approximate surface area is 111 Å². The van der Waals surface area contributed by atoms with Crippen LogP contribution in [0.4, 0.5) is 0 Å².